The van der Waals surface area contributed by atoms with Gasteiger partial charge in [0.15, 0.2) is 0 Å². The summed E-state index contributed by atoms with van der Waals surface area (Å²) in [5, 5.41) is 0. The molecule has 0 saturated heterocycles. The van der Waals surface area contributed by atoms with Crippen LogP contribution in [0.5, 0.6) is 5.75 Å². The first-order valence-electron chi connectivity index (χ1n) is 4.46. The van der Waals surface area contributed by atoms with Crippen LogP contribution in [0.15, 0.2) is 24.3 Å². The average Bonchev–Trinajstić information content (AvgIpc) is 2.29. The first-order chi connectivity index (χ1) is 8.08. The topological polar surface area (TPSA) is 73.5 Å². The summed E-state index contributed by atoms with van der Waals surface area (Å²) < 4.78 is 32.5. The van der Waals surface area contributed by atoms with Crippen molar-refractivity contribution in [2.45, 2.75) is 6.61 Å². The van der Waals surface area contributed by atoms with Gasteiger partial charge in [0.1, 0.15) is 5.75 Å². The van der Waals surface area contributed by atoms with Crippen LogP contribution in [-0.2, 0) is 9.53 Å². The highest BCUT2D eigenvalue weighted by atomic mass is 19.3. The molecule has 0 aromatic heterocycles. The zero-order valence-electron chi connectivity index (χ0n) is 8.81. The van der Waals surface area contributed by atoms with Crippen LogP contribution in [0.4, 0.5) is 8.78 Å². The molecule has 1 N–H and O–H groups in total. The molecule has 0 atom stereocenters. The number of alkyl halides is 2. The zero-order chi connectivity index (χ0) is 12.8. The molecule has 7 heteroatoms. The van der Waals surface area contributed by atoms with E-state index < -0.39 is 12.6 Å². The Morgan fingerprint density at radius 3 is 2.71 bits per heavy atom. The highest BCUT2D eigenvalue weighted by Gasteiger charge is 2.26. The predicted octanol–water partition coefficient (Wildman–Crippen LogP) is 1.49. The van der Waals surface area contributed by atoms with Crippen molar-refractivity contribution in [3.8, 4) is 5.75 Å². The molecule has 1 aromatic carbocycles. The second-order valence-corrected chi connectivity index (χ2v) is 2.86. The van der Waals surface area contributed by atoms with E-state index in [1.165, 1.54) is 24.3 Å². The lowest BCUT2D eigenvalue weighted by Gasteiger charge is -2.03. The number of halogens is 2. The number of rotatable bonds is 4. The summed E-state index contributed by atoms with van der Waals surface area (Å²) in [6, 6.07) is 5.31. The molecule has 0 aliphatic rings. The van der Waals surface area contributed by atoms with E-state index >= 15 is 0 Å². The molecule has 0 spiro atoms. The molecule has 17 heavy (non-hydrogen) atoms. The molecule has 90 valence electrons. The number of hydrogen-bond acceptors (Lipinski definition) is 4. The first-order valence-corrected chi connectivity index (χ1v) is 4.46. The van der Waals surface area contributed by atoms with Gasteiger partial charge in [-0.1, -0.05) is 6.07 Å². The Morgan fingerprint density at radius 1 is 1.47 bits per heavy atom. The number of methoxy groups -OCH3 is 1. The Bertz CT molecular complexity index is 470. The zero-order valence-corrected chi connectivity index (χ0v) is 8.81. The van der Waals surface area contributed by atoms with Crippen molar-refractivity contribution in [1.29, 1.82) is 5.53 Å². The highest BCUT2D eigenvalue weighted by Crippen LogP contribution is 2.16. The van der Waals surface area contributed by atoms with Gasteiger partial charge in [0.05, 0.1) is 23.0 Å². The van der Waals surface area contributed by atoms with Gasteiger partial charge in [-0.05, 0) is 18.2 Å². The van der Waals surface area contributed by atoms with Crippen molar-refractivity contribution >= 4 is 11.7 Å². The van der Waals surface area contributed by atoms with E-state index in [0.717, 1.165) is 7.11 Å². The molecule has 0 aliphatic carbocycles. The minimum Gasteiger partial charge on any atom is -0.460 e. The van der Waals surface area contributed by atoms with E-state index in [1.54, 1.807) is 0 Å². The summed E-state index contributed by atoms with van der Waals surface area (Å²) in [4.78, 5) is 14.2. The summed E-state index contributed by atoms with van der Waals surface area (Å²) >= 11 is 0. The van der Waals surface area contributed by atoms with Crippen molar-refractivity contribution < 1.29 is 27.8 Å². The van der Waals surface area contributed by atoms with Gasteiger partial charge in [0, 0.05) is 0 Å². The van der Waals surface area contributed by atoms with Crippen LogP contribution in [0.2, 0.25) is 0 Å². The van der Waals surface area contributed by atoms with Crippen LogP contribution in [0, 0.1) is 5.53 Å². The summed E-state index contributed by atoms with van der Waals surface area (Å²) in [6.45, 7) is -2.96. The number of nitrogens with one attached hydrogen (secondary N) is 1. The standard InChI is InChI=1S/C10H9F2N2O3/c1-16-9(15)8(14-13)6-3-2-4-7(5-6)17-10(11)12/h2-5,10,13H,1H3/q+1. The lowest BCUT2D eigenvalue weighted by atomic mass is 10.1. The molecule has 1 aromatic rings. The fraction of sp³-hybridized carbons (Fsp3) is 0.200. The number of nitrogens with zero attached hydrogens (tertiary/aromatic N) is 1. The second-order valence-electron chi connectivity index (χ2n) is 2.86. The average molecular weight is 243 g/mol. The Hall–Kier alpha value is -2.27. The van der Waals surface area contributed by atoms with E-state index in [1.807, 2.05) is 0 Å². The van der Waals surface area contributed by atoms with E-state index in [2.05, 4.69) is 14.3 Å². The number of esters is 1. The number of ether oxygens (including phenoxy) is 2. The Kier molecular flexibility index (Phi) is 4.30. The summed E-state index contributed by atoms with van der Waals surface area (Å²) in [6.07, 6.45) is 0. The lowest BCUT2D eigenvalue weighted by molar-refractivity contribution is -0.149. The maximum atomic E-state index is 12.0. The first kappa shape index (κ1) is 12.8. The lowest BCUT2D eigenvalue weighted by Crippen LogP contribution is -2.18. The Labute approximate surface area is 95.2 Å². The van der Waals surface area contributed by atoms with E-state index in [4.69, 9.17) is 5.53 Å². The third-order valence-corrected chi connectivity index (χ3v) is 1.82. The van der Waals surface area contributed by atoms with Gasteiger partial charge >= 0.3 is 18.3 Å². The van der Waals surface area contributed by atoms with Crippen molar-refractivity contribution in [2.24, 2.45) is 0 Å². The van der Waals surface area contributed by atoms with Gasteiger partial charge in [-0.15, -0.1) is 0 Å². The molecule has 5 nitrogen and oxygen atoms in total. The van der Waals surface area contributed by atoms with E-state index in [0.29, 0.717) is 0 Å². The third-order valence-electron chi connectivity index (χ3n) is 1.82. The normalized spacial score (nSPS) is 9.65. The molecule has 0 aliphatic heterocycles. The van der Waals surface area contributed by atoms with Gasteiger partial charge in [-0.25, -0.2) is 4.79 Å². The highest BCUT2D eigenvalue weighted by molar-refractivity contribution is 6.40. The fourth-order valence-electron chi connectivity index (χ4n) is 1.14. The van der Waals surface area contributed by atoms with Crippen molar-refractivity contribution in [3.05, 3.63) is 29.8 Å². The minimum absolute atomic E-state index is 0.123. The van der Waals surface area contributed by atoms with Crippen molar-refractivity contribution in [3.63, 3.8) is 0 Å². The third kappa shape index (κ3) is 3.35. The van der Waals surface area contributed by atoms with Gasteiger partial charge in [-0.2, -0.15) is 8.78 Å². The molecule has 0 amide bonds. The maximum absolute atomic E-state index is 12.0. The monoisotopic (exact) mass is 243 g/mol. The van der Waals surface area contributed by atoms with Gasteiger partial charge in [0.25, 0.3) is 0 Å². The number of carbonyl (C=O) groups excluding carboxylic acids is 1. The molecule has 0 bridgehead atoms. The Morgan fingerprint density at radius 2 is 2.18 bits per heavy atom. The predicted molar refractivity (Wildman–Crippen MR) is 52.2 cm³/mol. The van der Waals surface area contributed by atoms with E-state index in [-0.39, 0.29) is 17.0 Å². The molecule has 0 heterocycles. The fourth-order valence-corrected chi connectivity index (χ4v) is 1.14. The van der Waals surface area contributed by atoms with Crippen LogP contribution in [0.3, 0.4) is 0 Å². The maximum Gasteiger partial charge on any atom is 0.455 e. The van der Waals surface area contributed by atoms with Crippen LogP contribution >= 0.6 is 0 Å². The number of carbonyl (C=O) groups is 1. The number of benzene rings is 1. The van der Waals surface area contributed by atoms with Crippen LogP contribution in [0.25, 0.3) is 0 Å². The minimum atomic E-state index is -2.96. The summed E-state index contributed by atoms with van der Waals surface area (Å²) in [5.74, 6) is -0.947. The molecule has 0 fully saturated rings. The number of hydrogen-bond donors (Lipinski definition) is 1. The Balaban J connectivity index is 3.06. The summed E-state index contributed by atoms with van der Waals surface area (Å²) in [7, 11) is 1.13. The molecule has 0 saturated carbocycles. The van der Waals surface area contributed by atoms with Crippen LogP contribution < -0.4 is 4.74 Å². The SMILES string of the molecule is COC(=O)C(=[N+]=N)c1cccc(OC(F)F)c1. The smallest absolute Gasteiger partial charge is 0.455 e. The van der Waals surface area contributed by atoms with E-state index in [9.17, 15) is 13.6 Å². The molecular weight excluding hydrogens is 234 g/mol. The van der Waals surface area contributed by atoms with Crippen LogP contribution in [0.1, 0.15) is 5.56 Å². The summed E-state index contributed by atoms with van der Waals surface area (Å²) in [5.41, 5.74) is 6.73. The van der Waals surface area contributed by atoms with Crippen molar-refractivity contribution in [1.82, 2.24) is 0 Å². The molecular formula is C10H9F2N2O3+. The van der Waals surface area contributed by atoms with Gasteiger partial charge in [-0.3, -0.25) is 0 Å². The second kappa shape index (κ2) is 5.72. The largest absolute Gasteiger partial charge is 0.460 e. The van der Waals surface area contributed by atoms with Crippen molar-refractivity contribution in [2.75, 3.05) is 7.11 Å². The molecule has 1 rings (SSSR count). The quantitative estimate of drug-likeness (QED) is 0.377. The van der Waals surface area contributed by atoms with Gasteiger partial charge < -0.3 is 9.47 Å². The van der Waals surface area contributed by atoms with Gasteiger partial charge in [0.2, 0.25) is 0 Å². The molecule has 0 radical (unpaired) electrons. The molecule has 0 unspecified atom stereocenters. The van der Waals surface area contributed by atoms with Crippen LogP contribution in [-0.4, -0.2) is 30.2 Å².